The zero-order chi connectivity index (χ0) is 11.9. The molecule has 15 heavy (non-hydrogen) atoms. The van der Waals surface area contributed by atoms with Gasteiger partial charge in [-0.25, -0.2) is 4.79 Å². The average Bonchev–Trinajstić information content (AvgIpc) is 2.11. The molecule has 0 aromatic heterocycles. The highest BCUT2D eigenvalue weighted by atomic mass is 16.7. The molecule has 86 valence electrons. The van der Waals surface area contributed by atoms with Gasteiger partial charge in [0, 0.05) is 19.4 Å². The largest absolute Gasteiger partial charge is 0.430 e. The minimum absolute atomic E-state index is 0.373. The first-order valence-corrected chi connectivity index (χ1v) is 5.03. The zero-order valence-corrected chi connectivity index (χ0v) is 9.84. The fourth-order valence-electron chi connectivity index (χ4n) is 0.885. The summed E-state index contributed by atoms with van der Waals surface area (Å²) in [5.74, 6) is -1.32. The number of unbranched alkanes of at least 4 members (excludes halogenated alkanes) is 1. The van der Waals surface area contributed by atoms with Gasteiger partial charge in [-0.05, 0) is 19.8 Å². The van der Waals surface area contributed by atoms with Crippen LogP contribution in [0.4, 0.5) is 0 Å². The molecular weight excluding hydrogens is 192 g/mol. The van der Waals surface area contributed by atoms with Crippen molar-refractivity contribution in [3.8, 4) is 0 Å². The highest BCUT2D eigenvalue weighted by Crippen LogP contribution is 2.14. The highest BCUT2D eigenvalue weighted by molar-refractivity contribution is 5.87. The van der Waals surface area contributed by atoms with Crippen molar-refractivity contribution in [2.24, 2.45) is 0 Å². The van der Waals surface area contributed by atoms with Gasteiger partial charge in [0.05, 0.1) is 6.61 Å². The Morgan fingerprint density at radius 3 is 2.53 bits per heavy atom. The van der Waals surface area contributed by atoms with E-state index in [-0.39, 0.29) is 0 Å². The maximum atomic E-state index is 11.2. The monoisotopic (exact) mass is 212 g/mol. The molecule has 0 amide bonds. The summed E-state index contributed by atoms with van der Waals surface area (Å²) in [6, 6.07) is 0. The maximum absolute atomic E-state index is 11.2. The van der Waals surface area contributed by atoms with Crippen LogP contribution in [0.25, 0.3) is 0 Å². The first-order valence-electron chi connectivity index (χ1n) is 5.03. The quantitative estimate of drug-likeness (QED) is 0.214. The molecule has 0 saturated carbocycles. The molecule has 0 spiro atoms. The normalized spacial score (nSPS) is 10.9. The predicted molar refractivity (Wildman–Crippen MR) is 60.4 cm³/mol. The van der Waals surface area contributed by atoms with E-state index < -0.39 is 11.8 Å². The van der Waals surface area contributed by atoms with Crippen molar-refractivity contribution in [1.29, 1.82) is 0 Å². The van der Waals surface area contributed by atoms with Crippen LogP contribution in [0.15, 0.2) is 24.8 Å². The molecule has 3 heteroatoms. The molecule has 0 aliphatic rings. The lowest BCUT2D eigenvalue weighted by molar-refractivity contribution is -0.212. The minimum atomic E-state index is -0.892. The summed E-state index contributed by atoms with van der Waals surface area (Å²) in [5.41, 5.74) is 0.373. The smallest absolute Gasteiger partial charge is 0.335 e. The summed E-state index contributed by atoms with van der Waals surface area (Å²) in [7, 11) is 0. The van der Waals surface area contributed by atoms with E-state index in [1.165, 1.54) is 0 Å². The van der Waals surface area contributed by atoms with E-state index in [1.54, 1.807) is 20.8 Å². The van der Waals surface area contributed by atoms with Crippen molar-refractivity contribution >= 4 is 5.97 Å². The van der Waals surface area contributed by atoms with E-state index in [0.717, 1.165) is 12.8 Å². The Morgan fingerprint density at radius 1 is 1.47 bits per heavy atom. The van der Waals surface area contributed by atoms with Gasteiger partial charge in [0.15, 0.2) is 0 Å². The zero-order valence-electron chi connectivity index (χ0n) is 9.84. The van der Waals surface area contributed by atoms with E-state index in [4.69, 9.17) is 9.47 Å². The Balaban J connectivity index is 3.90. The van der Waals surface area contributed by atoms with E-state index in [2.05, 4.69) is 13.2 Å². The van der Waals surface area contributed by atoms with Gasteiger partial charge in [0.1, 0.15) is 0 Å². The lowest BCUT2D eigenvalue weighted by Crippen LogP contribution is -2.32. The second-order valence-electron chi connectivity index (χ2n) is 3.85. The molecule has 0 N–H and O–H groups in total. The Bertz CT molecular complexity index is 241. The van der Waals surface area contributed by atoms with Gasteiger partial charge in [0.2, 0.25) is 5.79 Å². The van der Waals surface area contributed by atoms with Gasteiger partial charge in [-0.3, -0.25) is 0 Å². The Morgan fingerprint density at radius 2 is 2.07 bits per heavy atom. The molecule has 0 atom stereocenters. The molecule has 0 radical (unpaired) electrons. The van der Waals surface area contributed by atoms with E-state index >= 15 is 0 Å². The molecular formula is C12H20O3. The molecule has 0 aliphatic heterocycles. The summed E-state index contributed by atoms with van der Waals surface area (Å²) in [6.07, 6.45) is 3.60. The molecule has 0 saturated heterocycles. The van der Waals surface area contributed by atoms with Gasteiger partial charge < -0.3 is 9.47 Å². The van der Waals surface area contributed by atoms with Crippen LogP contribution in [0, 0.1) is 0 Å². The van der Waals surface area contributed by atoms with Crippen molar-refractivity contribution in [3.05, 3.63) is 24.8 Å². The van der Waals surface area contributed by atoms with Crippen molar-refractivity contribution in [2.45, 2.75) is 39.4 Å². The summed E-state index contributed by atoms with van der Waals surface area (Å²) in [6.45, 7) is 12.7. The average molecular weight is 212 g/mol. The summed E-state index contributed by atoms with van der Waals surface area (Å²) < 4.78 is 10.5. The molecule has 0 bridgehead atoms. The van der Waals surface area contributed by atoms with Crippen LogP contribution >= 0.6 is 0 Å². The standard InChI is InChI=1S/C12H20O3/c1-6-7-8-9-14-12(4,5)15-11(13)10(2)3/h6H,1-2,7-9H2,3-5H3. The first kappa shape index (κ1) is 13.9. The summed E-state index contributed by atoms with van der Waals surface area (Å²) in [4.78, 5) is 11.2. The third-order valence-electron chi connectivity index (χ3n) is 1.69. The summed E-state index contributed by atoms with van der Waals surface area (Å²) >= 11 is 0. The lowest BCUT2D eigenvalue weighted by atomic mass is 10.3. The molecule has 0 aromatic rings. The van der Waals surface area contributed by atoms with E-state index in [1.807, 2.05) is 6.08 Å². The molecule has 0 rings (SSSR count). The topological polar surface area (TPSA) is 35.5 Å². The fourth-order valence-corrected chi connectivity index (χ4v) is 0.885. The molecule has 0 unspecified atom stereocenters. The Hall–Kier alpha value is -1.09. The maximum Gasteiger partial charge on any atom is 0.335 e. The second kappa shape index (κ2) is 6.40. The Kier molecular flexibility index (Phi) is 5.94. The van der Waals surface area contributed by atoms with Gasteiger partial charge >= 0.3 is 5.97 Å². The molecule has 0 heterocycles. The number of hydrogen-bond acceptors (Lipinski definition) is 3. The first-order chi connectivity index (χ1) is 6.89. The van der Waals surface area contributed by atoms with Crippen molar-refractivity contribution < 1.29 is 14.3 Å². The molecule has 0 fully saturated rings. The Labute approximate surface area is 91.8 Å². The van der Waals surface area contributed by atoms with Crippen LogP contribution in [0.1, 0.15) is 33.6 Å². The molecule has 0 aromatic carbocycles. The number of rotatable bonds is 7. The van der Waals surface area contributed by atoms with Crippen LogP contribution in [-0.2, 0) is 14.3 Å². The van der Waals surface area contributed by atoms with Crippen molar-refractivity contribution in [2.75, 3.05) is 6.61 Å². The molecule has 0 aliphatic carbocycles. The van der Waals surface area contributed by atoms with Gasteiger partial charge in [-0.1, -0.05) is 12.7 Å². The van der Waals surface area contributed by atoms with E-state index in [9.17, 15) is 4.79 Å². The number of carbonyl (C=O) groups is 1. The molecule has 3 nitrogen and oxygen atoms in total. The van der Waals surface area contributed by atoms with Gasteiger partial charge in [-0.2, -0.15) is 0 Å². The van der Waals surface area contributed by atoms with Crippen LogP contribution < -0.4 is 0 Å². The highest BCUT2D eigenvalue weighted by Gasteiger charge is 2.23. The van der Waals surface area contributed by atoms with Crippen LogP contribution in [-0.4, -0.2) is 18.4 Å². The van der Waals surface area contributed by atoms with Crippen molar-refractivity contribution in [3.63, 3.8) is 0 Å². The van der Waals surface area contributed by atoms with Gasteiger partial charge in [0.25, 0.3) is 0 Å². The number of carbonyl (C=O) groups excluding carboxylic acids is 1. The van der Waals surface area contributed by atoms with Crippen LogP contribution in [0.2, 0.25) is 0 Å². The SMILES string of the molecule is C=CCCCOC(C)(C)OC(=O)C(=C)C. The summed E-state index contributed by atoms with van der Waals surface area (Å²) in [5, 5.41) is 0. The van der Waals surface area contributed by atoms with E-state index in [0.29, 0.717) is 12.2 Å². The van der Waals surface area contributed by atoms with Crippen molar-refractivity contribution in [1.82, 2.24) is 0 Å². The van der Waals surface area contributed by atoms with Gasteiger partial charge in [-0.15, -0.1) is 6.58 Å². The van der Waals surface area contributed by atoms with Crippen LogP contribution in [0.5, 0.6) is 0 Å². The third-order valence-corrected chi connectivity index (χ3v) is 1.69. The third kappa shape index (κ3) is 6.91. The lowest BCUT2D eigenvalue weighted by Gasteiger charge is -2.25. The number of hydrogen-bond donors (Lipinski definition) is 0. The predicted octanol–water partition coefficient (Wildman–Crippen LogP) is 2.82. The second-order valence-corrected chi connectivity index (χ2v) is 3.85. The number of allylic oxidation sites excluding steroid dienone is 1. The number of ether oxygens (including phenoxy) is 2. The minimum Gasteiger partial charge on any atom is -0.430 e. The number of esters is 1. The van der Waals surface area contributed by atoms with Crippen LogP contribution in [0.3, 0.4) is 0 Å². The fraction of sp³-hybridized carbons (Fsp3) is 0.583.